The van der Waals surface area contributed by atoms with E-state index in [0.717, 1.165) is 28.1 Å². The van der Waals surface area contributed by atoms with Crippen LogP contribution in [0.5, 0.6) is 5.75 Å². The molecule has 1 aromatic carbocycles. The van der Waals surface area contributed by atoms with Gasteiger partial charge in [0.1, 0.15) is 24.0 Å². The average molecular weight is 591 g/mol. The monoisotopic (exact) mass is 590 g/mol. The second kappa shape index (κ2) is 11.5. The third-order valence-corrected chi connectivity index (χ3v) is 8.23. The van der Waals surface area contributed by atoms with Gasteiger partial charge in [-0.15, -0.1) is 11.3 Å². The molecule has 0 bridgehead atoms. The van der Waals surface area contributed by atoms with E-state index >= 15 is 4.39 Å². The molecule has 1 fully saturated rings. The van der Waals surface area contributed by atoms with E-state index in [1.54, 1.807) is 22.0 Å². The van der Waals surface area contributed by atoms with Crippen LogP contribution >= 0.6 is 11.3 Å². The normalized spacial score (nSPS) is 15.0. The van der Waals surface area contributed by atoms with Crippen LogP contribution in [0.15, 0.2) is 61.0 Å². The molecule has 5 heterocycles. The quantitative estimate of drug-likeness (QED) is 0.167. The molecule has 0 saturated carbocycles. The van der Waals surface area contributed by atoms with Gasteiger partial charge in [-0.25, -0.2) is 13.8 Å². The summed E-state index contributed by atoms with van der Waals surface area (Å²) in [5, 5.41) is 11.7. The number of hydrogen-bond donors (Lipinski definition) is 0. The first kappa shape index (κ1) is 27.7. The zero-order chi connectivity index (χ0) is 29.4. The van der Waals surface area contributed by atoms with Gasteiger partial charge in [-0.05, 0) is 23.9 Å². The molecule has 1 atom stereocenters. The van der Waals surface area contributed by atoms with E-state index in [9.17, 15) is 9.18 Å². The van der Waals surface area contributed by atoms with Crippen molar-refractivity contribution >= 4 is 27.3 Å². The van der Waals surface area contributed by atoms with E-state index < -0.39 is 11.6 Å². The molecule has 9 nitrogen and oxygen atoms in total. The first-order valence-electron chi connectivity index (χ1n) is 13.3. The molecule has 5 aromatic rings. The second-order valence-electron chi connectivity index (χ2n) is 9.99. The Morgan fingerprint density at radius 3 is 2.71 bits per heavy atom. The van der Waals surface area contributed by atoms with Gasteiger partial charge in [0.25, 0.3) is 0 Å². The minimum absolute atomic E-state index is 0.0372. The Bertz CT molecular complexity index is 1790. The molecule has 0 N–H and O–H groups in total. The van der Waals surface area contributed by atoms with E-state index in [2.05, 4.69) is 16.8 Å². The smallest absolute Gasteiger partial charge is 0.246 e. The summed E-state index contributed by atoms with van der Waals surface area (Å²) in [6.07, 6.45) is 9.19. The molecule has 42 heavy (non-hydrogen) atoms. The van der Waals surface area contributed by atoms with Gasteiger partial charge in [-0.1, -0.05) is 6.58 Å². The molecule has 0 radical (unpaired) electrons. The number of hydrogen-bond acceptors (Lipinski definition) is 7. The van der Waals surface area contributed by atoms with Gasteiger partial charge in [0.2, 0.25) is 5.91 Å². The summed E-state index contributed by atoms with van der Waals surface area (Å²) < 4.78 is 45.5. The minimum atomic E-state index is -0.768. The lowest BCUT2D eigenvalue weighted by atomic mass is 9.96. The molecular weight excluding hydrogens is 562 g/mol. The molecular formula is C30H28F2N6O3S. The van der Waals surface area contributed by atoms with Crippen LogP contribution in [0, 0.1) is 11.6 Å². The highest BCUT2D eigenvalue weighted by Crippen LogP contribution is 2.47. The van der Waals surface area contributed by atoms with Crippen LogP contribution in [0.25, 0.3) is 43.7 Å². The summed E-state index contributed by atoms with van der Waals surface area (Å²) in [5.74, 6) is -1.58. The third kappa shape index (κ3) is 5.07. The summed E-state index contributed by atoms with van der Waals surface area (Å²) in [4.78, 5) is 19.0. The van der Waals surface area contributed by atoms with Gasteiger partial charge in [-0.3, -0.25) is 14.2 Å². The molecule has 216 valence electrons. The number of aromatic nitrogens is 5. The lowest BCUT2D eigenvalue weighted by molar-refractivity contribution is -0.125. The minimum Gasteiger partial charge on any atom is -0.490 e. The highest BCUT2D eigenvalue weighted by molar-refractivity contribution is 7.18. The number of pyridine rings is 1. The summed E-state index contributed by atoms with van der Waals surface area (Å²) in [7, 11) is 3.35. The van der Waals surface area contributed by atoms with Crippen molar-refractivity contribution in [2.45, 2.75) is 12.5 Å². The highest BCUT2D eigenvalue weighted by Gasteiger charge is 2.29. The fourth-order valence-electron chi connectivity index (χ4n) is 5.32. The average Bonchev–Trinajstić information content (AvgIpc) is 3.79. The number of amides is 1. The predicted molar refractivity (Wildman–Crippen MR) is 156 cm³/mol. The van der Waals surface area contributed by atoms with Crippen molar-refractivity contribution in [1.29, 1.82) is 0 Å². The Hall–Kier alpha value is -4.42. The lowest BCUT2D eigenvalue weighted by Crippen LogP contribution is -2.27. The molecule has 4 aromatic heterocycles. The van der Waals surface area contributed by atoms with Crippen LogP contribution in [0.3, 0.4) is 0 Å². The fraction of sp³-hybridized carbons (Fsp3) is 0.267. The maximum absolute atomic E-state index is 15.8. The first-order chi connectivity index (χ1) is 20.4. The van der Waals surface area contributed by atoms with Crippen LogP contribution in [0.4, 0.5) is 8.78 Å². The number of carbonyl (C=O) groups is 1. The summed E-state index contributed by atoms with van der Waals surface area (Å²) in [6, 6.07) is 3.93. The molecule has 0 spiro atoms. The molecule has 12 heteroatoms. The number of methoxy groups -OCH3 is 1. The first-order valence-corrected chi connectivity index (χ1v) is 14.2. The Kier molecular flexibility index (Phi) is 7.56. The van der Waals surface area contributed by atoms with Crippen molar-refractivity contribution in [3.8, 4) is 39.4 Å². The fourth-order valence-corrected chi connectivity index (χ4v) is 6.27. The molecule has 1 aliphatic rings. The Morgan fingerprint density at radius 2 is 1.95 bits per heavy atom. The number of fused-ring (bicyclic) bond motifs is 1. The van der Waals surface area contributed by atoms with Crippen molar-refractivity contribution in [2.75, 3.05) is 33.4 Å². The van der Waals surface area contributed by atoms with E-state index in [1.807, 2.05) is 35.6 Å². The topological polar surface area (TPSA) is 87.3 Å². The SMILES string of the molecule is C=CC(=O)N1CCC(n2cc(-c3nc(-c4cnn(C)c4)c4ccsc4c3-c3c(F)cc(F)cc3OCCOC)cn2)C1. The molecule has 1 saturated heterocycles. The van der Waals surface area contributed by atoms with Gasteiger partial charge in [-0.2, -0.15) is 10.2 Å². The summed E-state index contributed by atoms with van der Waals surface area (Å²) in [5.41, 5.74) is 3.17. The number of rotatable bonds is 9. The van der Waals surface area contributed by atoms with Crippen LogP contribution < -0.4 is 4.74 Å². The zero-order valence-corrected chi connectivity index (χ0v) is 23.9. The Labute approximate surface area is 244 Å². The number of carbonyl (C=O) groups excluding carboxylic acids is 1. The van der Waals surface area contributed by atoms with E-state index in [4.69, 9.17) is 14.5 Å². The lowest BCUT2D eigenvalue weighted by Gasteiger charge is -2.17. The number of thiophene rings is 1. The maximum Gasteiger partial charge on any atom is 0.246 e. The van der Waals surface area contributed by atoms with E-state index in [0.29, 0.717) is 35.6 Å². The Balaban J connectivity index is 1.55. The number of nitrogens with zero attached hydrogens (tertiary/aromatic N) is 6. The van der Waals surface area contributed by atoms with Crippen LogP contribution in [0.1, 0.15) is 12.5 Å². The predicted octanol–water partition coefficient (Wildman–Crippen LogP) is 5.49. The molecule has 1 aliphatic heterocycles. The zero-order valence-electron chi connectivity index (χ0n) is 23.1. The van der Waals surface area contributed by atoms with Crippen molar-refractivity contribution in [2.24, 2.45) is 7.05 Å². The van der Waals surface area contributed by atoms with Crippen LogP contribution in [0.2, 0.25) is 0 Å². The number of likely N-dealkylation sites (tertiary alicyclic amines) is 1. The molecule has 1 unspecified atom stereocenters. The summed E-state index contributed by atoms with van der Waals surface area (Å²) in [6.45, 7) is 5.04. The standard InChI is InChI=1S/C30H28F2N6O3S/c1-4-25(39)37-7-5-21(17-37)38-16-19(14-34-38)29-27(26-23(32)11-20(31)12-24(26)41-9-8-40-3)30-22(6-10-42-30)28(35-29)18-13-33-36(2)15-18/h4,6,10-16,21H,1,5,7-9,17H2,2-3H3. The van der Waals surface area contributed by atoms with Crippen LogP contribution in [-0.2, 0) is 16.6 Å². The number of benzene rings is 1. The third-order valence-electron chi connectivity index (χ3n) is 7.30. The number of ether oxygens (including phenoxy) is 2. The van der Waals surface area contributed by atoms with E-state index in [1.165, 1.54) is 30.6 Å². The van der Waals surface area contributed by atoms with Crippen molar-refractivity contribution in [3.63, 3.8) is 0 Å². The van der Waals surface area contributed by atoms with Gasteiger partial charge in [0.15, 0.2) is 0 Å². The van der Waals surface area contributed by atoms with Crippen molar-refractivity contribution in [1.82, 2.24) is 29.4 Å². The second-order valence-corrected chi connectivity index (χ2v) is 10.9. The highest BCUT2D eigenvalue weighted by atomic mass is 32.1. The van der Waals surface area contributed by atoms with Gasteiger partial charge in [0, 0.05) is 78.5 Å². The van der Waals surface area contributed by atoms with Crippen LogP contribution in [-0.4, -0.2) is 68.8 Å². The maximum atomic E-state index is 15.8. The van der Waals surface area contributed by atoms with Crippen molar-refractivity contribution < 1.29 is 23.0 Å². The molecule has 0 aliphatic carbocycles. The van der Waals surface area contributed by atoms with Gasteiger partial charge in [0.05, 0.1) is 42.0 Å². The number of halogens is 2. The molecule has 6 rings (SSSR count). The van der Waals surface area contributed by atoms with E-state index in [-0.39, 0.29) is 36.5 Å². The van der Waals surface area contributed by atoms with Crippen molar-refractivity contribution in [3.05, 3.63) is 72.7 Å². The number of aryl methyl sites for hydroxylation is 1. The van der Waals surface area contributed by atoms with Gasteiger partial charge >= 0.3 is 0 Å². The summed E-state index contributed by atoms with van der Waals surface area (Å²) >= 11 is 1.43. The Morgan fingerprint density at radius 1 is 1.14 bits per heavy atom. The van der Waals surface area contributed by atoms with Gasteiger partial charge < -0.3 is 14.4 Å². The molecule has 1 amide bonds. The largest absolute Gasteiger partial charge is 0.490 e.